The second kappa shape index (κ2) is 5.43. The van der Waals surface area contributed by atoms with Crippen molar-refractivity contribution in [3.8, 4) is 0 Å². The van der Waals surface area contributed by atoms with Crippen LogP contribution in [0.25, 0.3) is 0 Å². The third-order valence-electron chi connectivity index (χ3n) is 1.22. The average Bonchev–Trinajstić information content (AvgIpc) is 1.95. The van der Waals surface area contributed by atoms with Gasteiger partial charge in [0.05, 0.1) is 0 Å². The Kier molecular flexibility index (Phi) is 5.30. The molecule has 0 aromatic heterocycles. The first kappa shape index (κ1) is 12.7. The molecule has 6 nitrogen and oxygen atoms in total. The van der Waals surface area contributed by atoms with E-state index in [2.05, 4.69) is 5.14 Å². The highest BCUT2D eigenvalue weighted by Crippen LogP contribution is 2.01. The molecule has 0 unspecified atom stereocenters. The highest BCUT2D eigenvalue weighted by molar-refractivity contribution is 7.98. The minimum absolute atomic E-state index is 0.215. The van der Waals surface area contributed by atoms with Crippen LogP contribution in [0.3, 0.4) is 0 Å². The van der Waals surface area contributed by atoms with E-state index in [0.29, 0.717) is 5.75 Å². The number of nitrogens with two attached hydrogens (primary N) is 1. The summed E-state index contributed by atoms with van der Waals surface area (Å²) in [6, 6.07) is -1.14. The van der Waals surface area contributed by atoms with Crippen LogP contribution in [-0.2, 0) is 15.0 Å². The molecular weight excluding hydrogens is 216 g/mol. The number of nitrogens with one attached hydrogen (secondary N) is 1. The van der Waals surface area contributed by atoms with Crippen LogP contribution in [0.5, 0.6) is 0 Å². The van der Waals surface area contributed by atoms with Gasteiger partial charge in [0.25, 0.3) is 10.2 Å². The molecule has 0 fully saturated rings. The van der Waals surface area contributed by atoms with E-state index in [1.165, 1.54) is 11.8 Å². The fourth-order valence-corrected chi connectivity index (χ4v) is 1.75. The molecular formula is C5H12N2O4S2. The fourth-order valence-electron chi connectivity index (χ4n) is 0.667. The lowest BCUT2D eigenvalue weighted by molar-refractivity contribution is -0.139. The van der Waals surface area contributed by atoms with E-state index in [1.54, 1.807) is 6.26 Å². The lowest BCUT2D eigenvalue weighted by atomic mass is 10.2. The molecule has 0 aromatic rings. The van der Waals surface area contributed by atoms with Gasteiger partial charge in [0, 0.05) is 0 Å². The SMILES string of the molecule is CSCC[C@H](NS(N)(=O)=O)C(=O)O. The maximum atomic E-state index is 10.5. The molecule has 0 heterocycles. The van der Waals surface area contributed by atoms with Crippen LogP contribution in [0.4, 0.5) is 0 Å². The zero-order valence-electron chi connectivity index (χ0n) is 7.06. The van der Waals surface area contributed by atoms with E-state index >= 15 is 0 Å². The van der Waals surface area contributed by atoms with Crippen LogP contribution >= 0.6 is 11.8 Å². The Balaban J connectivity index is 4.19. The molecule has 4 N–H and O–H groups in total. The van der Waals surface area contributed by atoms with Gasteiger partial charge in [0.15, 0.2) is 0 Å². The number of hydrogen-bond acceptors (Lipinski definition) is 4. The van der Waals surface area contributed by atoms with Crippen LogP contribution < -0.4 is 9.86 Å². The van der Waals surface area contributed by atoms with E-state index in [-0.39, 0.29) is 6.42 Å². The van der Waals surface area contributed by atoms with Crippen LogP contribution in [0.2, 0.25) is 0 Å². The maximum absolute atomic E-state index is 10.5. The normalized spacial score (nSPS) is 14.0. The van der Waals surface area contributed by atoms with Gasteiger partial charge in [-0.15, -0.1) is 0 Å². The third-order valence-corrected chi connectivity index (χ3v) is 2.47. The predicted octanol–water partition coefficient (Wildman–Crippen LogP) is -1.01. The molecule has 0 rings (SSSR count). The van der Waals surface area contributed by atoms with Gasteiger partial charge < -0.3 is 5.11 Å². The molecule has 0 aliphatic heterocycles. The molecule has 8 heteroatoms. The minimum atomic E-state index is -3.94. The van der Waals surface area contributed by atoms with E-state index < -0.39 is 22.2 Å². The Morgan fingerprint density at radius 2 is 2.23 bits per heavy atom. The Morgan fingerprint density at radius 1 is 1.69 bits per heavy atom. The topological polar surface area (TPSA) is 109 Å². The molecule has 0 aliphatic carbocycles. The van der Waals surface area contributed by atoms with Crippen molar-refractivity contribution in [3.63, 3.8) is 0 Å². The molecule has 0 radical (unpaired) electrons. The Morgan fingerprint density at radius 3 is 2.54 bits per heavy atom. The number of carboxylic acids is 1. The summed E-state index contributed by atoms with van der Waals surface area (Å²) in [7, 11) is -3.94. The van der Waals surface area contributed by atoms with Crippen molar-refractivity contribution in [1.82, 2.24) is 4.72 Å². The van der Waals surface area contributed by atoms with E-state index in [0.717, 1.165) is 0 Å². The zero-order valence-corrected chi connectivity index (χ0v) is 8.69. The third kappa shape index (κ3) is 6.82. The Bertz CT molecular complexity index is 264. The standard InChI is InChI=1S/C5H12N2O4S2/c1-12-3-2-4(5(8)9)7-13(6,10)11/h4,7H,2-3H2,1H3,(H,8,9)(H2,6,10,11)/t4-/m0/s1. The second-order valence-corrected chi connectivity index (χ2v) is 4.65. The van der Waals surface area contributed by atoms with E-state index in [1.807, 2.05) is 4.72 Å². The number of rotatable bonds is 6. The van der Waals surface area contributed by atoms with E-state index in [4.69, 9.17) is 5.11 Å². The van der Waals surface area contributed by atoms with Crippen molar-refractivity contribution in [3.05, 3.63) is 0 Å². The van der Waals surface area contributed by atoms with Gasteiger partial charge in [-0.2, -0.15) is 24.9 Å². The molecule has 0 bridgehead atoms. The van der Waals surface area contributed by atoms with Gasteiger partial charge in [-0.1, -0.05) is 0 Å². The molecule has 1 atom stereocenters. The summed E-state index contributed by atoms with van der Waals surface area (Å²) in [5.41, 5.74) is 0. The number of aliphatic carboxylic acids is 1. The summed E-state index contributed by atoms with van der Waals surface area (Å²) in [4.78, 5) is 10.5. The largest absolute Gasteiger partial charge is 0.480 e. The quantitative estimate of drug-likeness (QED) is 0.539. The molecule has 0 spiro atoms. The van der Waals surface area contributed by atoms with Gasteiger partial charge in [-0.3, -0.25) is 4.79 Å². The first-order valence-electron chi connectivity index (χ1n) is 3.38. The van der Waals surface area contributed by atoms with Crippen molar-refractivity contribution >= 4 is 27.9 Å². The number of carboxylic acid groups (broad SMARTS) is 1. The van der Waals surface area contributed by atoms with Crippen molar-refractivity contribution in [2.45, 2.75) is 12.5 Å². The maximum Gasteiger partial charge on any atom is 0.321 e. The van der Waals surface area contributed by atoms with Crippen molar-refractivity contribution in [2.24, 2.45) is 5.14 Å². The number of hydrogen-bond donors (Lipinski definition) is 3. The molecule has 0 aromatic carbocycles. The summed E-state index contributed by atoms with van der Waals surface area (Å²) in [5.74, 6) is -0.664. The van der Waals surface area contributed by atoms with Crippen molar-refractivity contribution in [1.29, 1.82) is 0 Å². The molecule has 0 saturated heterocycles. The summed E-state index contributed by atoms with van der Waals surface area (Å²) >= 11 is 1.43. The number of thioether (sulfide) groups is 1. The summed E-state index contributed by atoms with van der Waals surface area (Å²) in [5, 5.41) is 13.2. The zero-order chi connectivity index (χ0) is 10.5. The Labute approximate surface area is 81.1 Å². The predicted molar refractivity (Wildman–Crippen MR) is 50.7 cm³/mol. The van der Waals surface area contributed by atoms with Gasteiger partial charge >= 0.3 is 5.97 Å². The first-order chi connectivity index (χ1) is 5.87. The molecule has 78 valence electrons. The molecule has 0 aliphatic rings. The highest BCUT2D eigenvalue weighted by atomic mass is 32.2. The van der Waals surface area contributed by atoms with Crippen molar-refractivity contribution in [2.75, 3.05) is 12.0 Å². The molecule has 0 amide bonds. The highest BCUT2D eigenvalue weighted by Gasteiger charge is 2.20. The van der Waals surface area contributed by atoms with E-state index in [9.17, 15) is 13.2 Å². The minimum Gasteiger partial charge on any atom is -0.480 e. The van der Waals surface area contributed by atoms with Gasteiger partial charge in [0.2, 0.25) is 0 Å². The first-order valence-corrected chi connectivity index (χ1v) is 6.32. The average molecular weight is 228 g/mol. The lowest BCUT2D eigenvalue weighted by Crippen LogP contribution is -2.44. The van der Waals surface area contributed by atoms with Gasteiger partial charge in [-0.05, 0) is 18.4 Å². The summed E-state index contributed by atoms with van der Waals surface area (Å²) < 4.78 is 22.8. The lowest BCUT2D eigenvalue weighted by Gasteiger charge is -2.11. The summed E-state index contributed by atoms with van der Waals surface area (Å²) in [6.45, 7) is 0. The Hall–Kier alpha value is -0.310. The fraction of sp³-hybridized carbons (Fsp3) is 0.800. The summed E-state index contributed by atoms with van der Waals surface area (Å²) in [6.07, 6.45) is 2.02. The molecule has 0 saturated carbocycles. The second-order valence-electron chi connectivity index (χ2n) is 2.34. The van der Waals surface area contributed by atoms with Gasteiger partial charge in [0.1, 0.15) is 6.04 Å². The smallest absolute Gasteiger partial charge is 0.321 e. The van der Waals surface area contributed by atoms with Gasteiger partial charge in [-0.25, -0.2) is 5.14 Å². The van der Waals surface area contributed by atoms with Crippen LogP contribution in [0.1, 0.15) is 6.42 Å². The van der Waals surface area contributed by atoms with Crippen LogP contribution in [0, 0.1) is 0 Å². The van der Waals surface area contributed by atoms with Crippen LogP contribution in [0.15, 0.2) is 0 Å². The molecule has 13 heavy (non-hydrogen) atoms. The van der Waals surface area contributed by atoms with Crippen LogP contribution in [-0.4, -0.2) is 37.5 Å². The number of carbonyl (C=O) groups is 1. The monoisotopic (exact) mass is 228 g/mol. The van der Waals surface area contributed by atoms with Crippen molar-refractivity contribution < 1.29 is 18.3 Å².